The van der Waals surface area contributed by atoms with Crippen LogP contribution >= 0.6 is 0 Å². The van der Waals surface area contributed by atoms with Crippen LogP contribution < -0.4 is 0 Å². The van der Waals surface area contributed by atoms with Gasteiger partial charge in [0, 0.05) is 18.4 Å². The predicted molar refractivity (Wildman–Crippen MR) is 70.0 cm³/mol. The van der Waals surface area contributed by atoms with E-state index in [-0.39, 0.29) is 29.8 Å². The summed E-state index contributed by atoms with van der Waals surface area (Å²) in [5, 5.41) is 9.18. The van der Waals surface area contributed by atoms with E-state index in [1.807, 2.05) is 34.6 Å². The van der Waals surface area contributed by atoms with Gasteiger partial charge in [0.2, 0.25) is 0 Å². The van der Waals surface area contributed by atoms with Crippen LogP contribution in [0.2, 0.25) is 0 Å². The Balaban J connectivity index is 3.75. The quantitative estimate of drug-likeness (QED) is 0.668. The Morgan fingerprint density at radius 3 is 2.24 bits per heavy atom. The number of Topliss-reactive ketones (excluding diaryl/α,β-unsaturated/α-hetero) is 1. The molecule has 1 unspecified atom stereocenters. The standard InChI is InChI=1S/C14H28O3/c1-11(2)13(16)12(10-15)8-6-7-9-17-14(3,4)5/h11-12,15H,6-10H2,1-5H3. The molecule has 0 fully saturated rings. The Labute approximate surface area is 106 Å². The van der Waals surface area contributed by atoms with Crippen molar-refractivity contribution in [3.8, 4) is 0 Å². The maximum Gasteiger partial charge on any atom is 0.140 e. The van der Waals surface area contributed by atoms with Crippen molar-refractivity contribution >= 4 is 5.78 Å². The van der Waals surface area contributed by atoms with Gasteiger partial charge in [0.25, 0.3) is 0 Å². The highest BCUT2D eigenvalue weighted by Crippen LogP contribution is 2.15. The van der Waals surface area contributed by atoms with Gasteiger partial charge in [-0.05, 0) is 33.6 Å². The molecule has 0 aliphatic rings. The molecule has 0 amide bonds. The van der Waals surface area contributed by atoms with Crippen LogP contribution in [0.4, 0.5) is 0 Å². The first-order valence-corrected chi connectivity index (χ1v) is 6.56. The Morgan fingerprint density at radius 1 is 1.24 bits per heavy atom. The van der Waals surface area contributed by atoms with Crippen molar-refractivity contribution in [3.63, 3.8) is 0 Å². The van der Waals surface area contributed by atoms with Crippen LogP contribution in [0.25, 0.3) is 0 Å². The van der Waals surface area contributed by atoms with Crippen molar-refractivity contribution in [1.82, 2.24) is 0 Å². The van der Waals surface area contributed by atoms with Gasteiger partial charge in [-0.15, -0.1) is 0 Å². The number of aliphatic hydroxyl groups excluding tert-OH is 1. The fraction of sp³-hybridized carbons (Fsp3) is 0.929. The fourth-order valence-corrected chi connectivity index (χ4v) is 1.67. The lowest BCUT2D eigenvalue weighted by atomic mass is 9.91. The van der Waals surface area contributed by atoms with Crippen LogP contribution in [0, 0.1) is 11.8 Å². The summed E-state index contributed by atoms with van der Waals surface area (Å²) in [6, 6.07) is 0. The predicted octanol–water partition coefficient (Wildman–Crippen LogP) is 2.81. The van der Waals surface area contributed by atoms with Gasteiger partial charge in [-0.25, -0.2) is 0 Å². The Bertz CT molecular complexity index is 216. The second kappa shape index (κ2) is 7.83. The van der Waals surface area contributed by atoms with Crippen LogP contribution in [-0.4, -0.2) is 29.7 Å². The van der Waals surface area contributed by atoms with Crippen molar-refractivity contribution in [2.24, 2.45) is 11.8 Å². The second-order valence-electron chi connectivity index (χ2n) is 5.89. The molecule has 1 atom stereocenters. The normalized spacial score (nSPS) is 14.1. The summed E-state index contributed by atoms with van der Waals surface area (Å²) in [6.07, 6.45) is 2.64. The number of ketones is 1. The van der Waals surface area contributed by atoms with Gasteiger partial charge in [-0.3, -0.25) is 4.79 Å². The molecule has 0 aromatic rings. The summed E-state index contributed by atoms with van der Waals surface area (Å²) < 4.78 is 5.61. The molecule has 0 aliphatic carbocycles. The van der Waals surface area contributed by atoms with E-state index in [0.29, 0.717) is 0 Å². The van der Waals surface area contributed by atoms with E-state index < -0.39 is 0 Å². The molecule has 0 rings (SSSR count). The van der Waals surface area contributed by atoms with Crippen molar-refractivity contribution in [1.29, 1.82) is 0 Å². The van der Waals surface area contributed by atoms with Crippen LogP contribution in [0.1, 0.15) is 53.9 Å². The number of hydrogen-bond donors (Lipinski definition) is 1. The smallest absolute Gasteiger partial charge is 0.140 e. The average molecular weight is 244 g/mol. The third-order valence-electron chi connectivity index (χ3n) is 2.67. The number of aliphatic hydroxyl groups is 1. The minimum atomic E-state index is -0.190. The van der Waals surface area contributed by atoms with Gasteiger partial charge in [-0.2, -0.15) is 0 Å². The molecule has 3 nitrogen and oxygen atoms in total. The van der Waals surface area contributed by atoms with Crippen LogP contribution in [-0.2, 0) is 9.53 Å². The van der Waals surface area contributed by atoms with E-state index in [0.717, 1.165) is 25.9 Å². The monoisotopic (exact) mass is 244 g/mol. The molecule has 0 aliphatic heterocycles. The Morgan fingerprint density at radius 2 is 1.82 bits per heavy atom. The highest BCUT2D eigenvalue weighted by Gasteiger charge is 2.19. The Hall–Kier alpha value is -0.410. The minimum Gasteiger partial charge on any atom is -0.396 e. The summed E-state index contributed by atoms with van der Waals surface area (Å²) in [4.78, 5) is 11.7. The summed E-state index contributed by atoms with van der Waals surface area (Å²) >= 11 is 0. The van der Waals surface area contributed by atoms with Crippen molar-refractivity contribution in [2.75, 3.05) is 13.2 Å². The van der Waals surface area contributed by atoms with Crippen molar-refractivity contribution in [2.45, 2.75) is 59.5 Å². The zero-order chi connectivity index (χ0) is 13.5. The average Bonchev–Trinajstić information content (AvgIpc) is 2.20. The summed E-state index contributed by atoms with van der Waals surface area (Å²) in [5.41, 5.74) is -0.0931. The third-order valence-corrected chi connectivity index (χ3v) is 2.67. The highest BCUT2D eigenvalue weighted by molar-refractivity contribution is 5.82. The van der Waals surface area contributed by atoms with Crippen molar-refractivity contribution in [3.05, 3.63) is 0 Å². The molecular formula is C14H28O3. The number of unbranched alkanes of at least 4 members (excludes halogenated alkanes) is 1. The van der Waals surface area contributed by atoms with Gasteiger partial charge in [-0.1, -0.05) is 20.3 Å². The molecule has 0 spiro atoms. The van der Waals surface area contributed by atoms with Gasteiger partial charge in [0.1, 0.15) is 5.78 Å². The molecule has 0 saturated carbocycles. The van der Waals surface area contributed by atoms with Gasteiger partial charge in [0.15, 0.2) is 0 Å². The number of rotatable bonds is 8. The van der Waals surface area contributed by atoms with Gasteiger partial charge in [0.05, 0.1) is 12.2 Å². The lowest BCUT2D eigenvalue weighted by molar-refractivity contribution is -0.127. The summed E-state index contributed by atoms with van der Waals surface area (Å²) in [5.74, 6) is -0.00754. The van der Waals surface area contributed by atoms with Gasteiger partial charge < -0.3 is 9.84 Å². The first-order chi connectivity index (χ1) is 7.78. The molecule has 3 heteroatoms. The SMILES string of the molecule is CC(C)C(=O)C(CO)CCCCOC(C)(C)C. The van der Waals surface area contributed by atoms with Crippen LogP contribution in [0.15, 0.2) is 0 Å². The van der Waals surface area contributed by atoms with Crippen molar-refractivity contribution < 1.29 is 14.6 Å². The maximum absolute atomic E-state index is 11.7. The van der Waals surface area contributed by atoms with E-state index in [1.165, 1.54) is 0 Å². The first kappa shape index (κ1) is 16.6. The summed E-state index contributed by atoms with van der Waals surface area (Å²) in [7, 11) is 0. The Kier molecular flexibility index (Phi) is 7.64. The molecule has 0 bridgehead atoms. The topological polar surface area (TPSA) is 46.5 Å². The third kappa shape index (κ3) is 8.33. The lowest BCUT2D eigenvalue weighted by Crippen LogP contribution is -2.23. The lowest BCUT2D eigenvalue weighted by Gasteiger charge is -2.20. The number of carbonyl (C=O) groups excluding carboxylic acids is 1. The second-order valence-corrected chi connectivity index (χ2v) is 5.89. The number of ether oxygens (including phenoxy) is 1. The highest BCUT2D eigenvalue weighted by atomic mass is 16.5. The molecule has 102 valence electrons. The first-order valence-electron chi connectivity index (χ1n) is 6.56. The van der Waals surface area contributed by atoms with Crippen LogP contribution in [0.5, 0.6) is 0 Å². The maximum atomic E-state index is 11.7. The van der Waals surface area contributed by atoms with E-state index in [9.17, 15) is 9.90 Å². The molecule has 0 saturated heterocycles. The zero-order valence-electron chi connectivity index (χ0n) is 12.0. The van der Waals surface area contributed by atoms with E-state index in [1.54, 1.807) is 0 Å². The van der Waals surface area contributed by atoms with E-state index in [4.69, 9.17) is 4.74 Å². The number of carbonyl (C=O) groups is 1. The molecular weight excluding hydrogens is 216 g/mol. The summed E-state index contributed by atoms with van der Waals surface area (Å²) in [6.45, 7) is 10.6. The van der Waals surface area contributed by atoms with E-state index >= 15 is 0 Å². The molecule has 1 N–H and O–H groups in total. The van der Waals surface area contributed by atoms with Crippen LogP contribution in [0.3, 0.4) is 0 Å². The molecule has 0 aromatic heterocycles. The molecule has 0 radical (unpaired) electrons. The molecule has 17 heavy (non-hydrogen) atoms. The number of hydrogen-bond acceptors (Lipinski definition) is 3. The molecule has 0 heterocycles. The minimum absolute atomic E-state index is 0.0120. The van der Waals surface area contributed by atoms with Gasteiger partial charge >= 0.3 is 0 Å². The van der Waals surface area contributed by atoms with E-state index in [2.05, 4.69) is 0 Å². The fourth-order valence-electron chi connectivity index (χ4n) is 1.67. The zero-order valence-corrected chi connectivity index (χ0v) is 12.0. The molecule has 0 aromatic carbocycles. The largest absolute Gasteiger partial charge is 0.396 e.